The molecule has 0 saturated carbocycles. The molecular formula is C53H45N3O6S. The lowest BCUT2D eigenvalue weighted by Gasteiger charge is -2.36. The number of aromatic nitrogens is 1. The first kappa shape index (κ1) is 41.4. The van der Waals surface area contributed by atoms with Gasteiger partial charge in [0.2, 0.25) is 0 Å². The van der Waals surface area contributed by atoms with E-state index in [4.69, 9.17) is 23.6 Å². The number of benzene rings is 7. The maximum atomic E-state index is 13.0. The highest BCUT2D eigenvalue weighted by Crippen LogP contribution is 2.41. The molecule has 10 heteroatoms. The molecule has 8 aromatic rings. The molecule has 1 aromatic heterocycles. The van der Waals surface area contributed by atoms with Crippen LogP contribution in [0, 0.1) is 0 Å². The Morgan fingerprint density at radius 1 is 0.667 bits per heavy atom. The van der Waals surface area contributed by atoms with Crippen LogP contribution in [0.5, 0.6) is 11.5 Å². The van der Waals surface area contributed by atoms with Crippen LogP contribution >= 0.6 is 11.8 Å². The van der Waals surface area contributed by atoms with Crippen LogP contribution < -0.4 is 15.4 Å². The van der Waals surface area contributed by atoms with E-state index < -0.39 is 6.29 Å². The summed E-state index contributed by atoms with van der Waals surface area (Å²) >= 11 is 1.53. The van der Waals surface area contributed by atoms with Crippen molar-refractivity contribution in [1.82, 2.24) is 10.3 Å². The first-order chi connectivity index (χ1) is 31.0. The van der Waals surface area contributed by atoms with Gasteiger partial charge in [-0.2, -0.15) is 0 Å². The van der Waals surface area contributed by atoms with Crippen molar-refractivity contribution in [2.45, 2.75) is 43.3 Å². The number of anilines is 1. The first-order valence-electron chi connectivity index (χ1n) is 20.9. The summed E-state index contributed by atoms with van der Waals surface area (Å²) in [4.78, 5) is 17.9. The van der Waals surface area contributed by atoms with E-state index in [0.717, 1.165) is 61.7 Å². The van der Waals surface area contributed by atoms with Crippen LogP contribution in [-0.2, 0) is 22.6 Å². The molecule has 2 amide bonds. The summed E-state index contributed by atoms with van der Waals surface area (Å²) < 4.78 is 25.7. The molecule has 9 nitrogen and oxygen atoms in total. The van der Waals surface area contributed by atoms with Crippen LogP contribution in [0.1, 0.15) is 41.1 Å². The first-order valence-corrected chi connectivity index (χ1v) is 21.8. The number of ether oxygens (including phenoxy) is 3. The number of para-hydroxylation sites is 1. The molecule has 0 bridgehead atoms. The molecule has 0 radical (unpaired) electrons. The predicted molar refractivity (Wildman–Crippen MR) is 247 cm³/mol. The van der Waals surface area contributed by atoms with Gasteiger partial charge in [0.1, 0.15) is 17.2 Å². The van der Waals surface area contributed by atoms with E-state index in [1.54, 1.807) is 0 Å². The van der Waals surface area contributed by atoms with Crippen LogP contribution in [0.15, 0.2) is 198 Å². The Hall–Kier alpha value is -6.95. The Morgan fingerprint density at radius 2 is 1.30 bits per heavy atom. The highest BCUT2D eigenvalue weighted by atomic mass is 32.2. The molecule has 1 fully saturated rings. The molecule has 1 aliphatic rings. The van der Waals surface area contributed by atoms with Crippen LogP contribution in [0.3, 0.4) is 0 Å². The quantitative estimate of drug-likeness (QED) is 0.0927. The predicted octanol–water partition coefficient (Wildman–Crippen LogP) is 12.6. The Bertz CT molecular complexity index is 2660. The second-order valence-electron chi connectivity index (χ2n) is 15.1. The molecule has 2 heterocycles. The average Bonchev–Trinajstić information content (AvgIpc) is 3.79. The number of aliphatic hydroxyl groups excluding tert-OH is 1. The van der Waals surface area contributed by atoms with Crippen molar-refractivity contribution in [3.8, 4) is 45.2 Å². The number of amides is 2. The van der Waals surface area contributed by atoms with Crippen molar-refractivity contribution in [3.05, 3.63) is 210 Å². The van der Waals surface area contributed by atoms with E-state index >= 15 is 0 Å². The van der Waals surface area contributed by atoms with E-state index in [-0.39, 0.29) is 24.8 Å². The summed E-state index contributed by atoms with van der Waals surface area (Å²) in [5.41, 5.74) is 9.12. The number of rotatable bonds is 14. The van der Waals surface area contributed by atoms with E-state index in [0.29, 0.717) is 35.4 Å². The molecule has 0 aliphatic carbocycles. The van der Waals surface area contributed by atoms with Gasteiger partial charge in [0.25, 0.3) is 5.22 Å². The number of hydrogen-bond acceptors (Lipinski definition) is 8. The van der Waals surface area contributed by atoms with Crippen LogP contribution in [0.2, 0.25) is 0 Å². The number of carbonyl (C=O) groups is 1. The summed E-state index contributed by atoms with van der Waals surface area (Å²) in [6, 6.07) is 60.8. The fourth-order valence-corrected chi connectivity index (χ4v) is 8.32. The van der Waals surface area contributed by atoms with Gasteiger partial charge in [-0.25, -0.2) is 9.78 Å². The van der Waals surface area contributed by atoms with Crippen molar-refractivity contribution in [2.75, 3.05) is 11.1 Å². The van der Waals surface area contributed by atoms with Gasteiger partial charge in [-0.3, -0.25) is 0 Å². The number of urea groups is 1. The van der Waals surface area contributed by atoms with E-state index in [1.807, 2.05) is 170 Å². The zero-order valence-corrected chi connectivity index (χ0v) is 35.1. The third-order valence-corrected chi connectivity index (χ3v) is 11.7. The van der Waals surface area contributed by atoms with Crippen LogP contribution in [0.4, 0.5) is 10.5 Å². The largest absolute Gasteiger partial charge is 0.457 e. The Morgan fingerprint density at radius 3 is 2.02 bits per heavy atom. The van der Waals surface area contributed by atoms with E-state index in [9.17, 15) is 9.90 Å². The minimum absolute atomic E-state index is 0.0257. The number of aliphatic hydroxyl groups is 1. The molecule has 63 heavy (non-hydrogen) atoms. The maximum absolute atomic E-state index is 13.0. The number of nitrogens with one attached hydrogen (secondary N) is 2. The molecule has 3 atom stereocenters. The van der Waals surface area contributed by atoms with Crippen LogP contribution in [0.25, 0.3) is 33.7 Å². The second kappa shape index (κ2) is 19.8. The van der Waals surface area contributed by atoms with Crippen molar-refractivity contribution < 1.29 is 28.5 Å². The van der Waals surface area contributed by atoms with Crippen molar-refractivity contribution in [1.29, 1.82) is 0 Å². The van der Waals surface area contributed by atoms with Crippen molar-refractivity contribution in [2.24, 2.45) is 0 Å². The lowest BCUT2D eigenvalue weighted by molar-refractivity contribution is -0.245. The normalized spacial score (nSPS) is 16.0. The summed E-state index contributed by atoms with van der Waals surface area (Å²) in [5.74, 6) is 2.75. The number of nitrogens with zero attached hydrogens (tertiary/aromatic N) is 1. The molecule has 7 aromatic carbocycles. The highest BCUT2D eigenvalue weighted by Gasteiger charge is 2.33. The lowest BCUT2D eigenvalue weighted by atomic mass is 9.98. The molecule has 1 saturated heterocycles. The summed E-state index contributed by atoms with van der Waals surface area (Å²) in [6.07, 6.45) is -0.448. The summed E-state index contributed by atoms with van der Waals surface area (Å²) in [7, 11) is 0. The molecule has 3 N–H and O–H groups in total. The molecule has 9 rings (SSSR count). The zero-order valence-electron chi connectivity index (χ0n) is 34.3. The van der Waals surface area contributed by atoms with E-state index in [1.165, 1.54) is 11.8 Å². The van der Waals surface area contributed by atoms with Crippen molar-refractivity contribution >= 4 is 23.5 Å². The average molecular weight is 852 g/mol. The van der Waals surface area contributed by atoms with Gasteiger partial charge < -0.3 is 34.4 Å². The van der Waals surface area contributed by atoms with Gasteiger partial charge in [0, 0.05) is 41.1 Å². The van der Waals surface area contributed by atoms with Gasteiger partial charge in [-0.15, -0.1) is 0 Å². The van der Waals surface area contributed by atoms with Gasteiger partial charge in [0.05, 0.1) is 18.8 Å². The lowest BCUT2D eigenvalue weighted by Crippen LogP contribution is -2.31. The van der Waals surface area contributed by atoms with E-state index in [2.05, 4.69) is 28.8 Å². The Balaban J connectivity index is 0.881. The topological polar surface area (TPSA) is 115 Å². The van der Waals surface area contributed by atoms with Gasteiger partial charge >= 0.3 is 6.03 Å². The zero-order chi connectivity index (χ0) is 42.8. The Kier molecular flexibility index (Phi) is 13.0. The molecule has 0 spiro atoms. The maximum Gasteiger partial charge on any atom is 0.319 e. The molecule has 314 valence electrons. The number of thioether (sulfide) groups is 1. The third kappa shape index (κ3) is 10.4. The molecule has 0 unspecified atom stereocenters. The summed E-state index contributed by atoms with van der Waals surface area (Å²) in [5, 5.41) is 16.2. The van der Waals surface area contributed by atoms with Crippen LogP contribution in [-0.4, -0.2) is 28.0 Å². The number of hydrogen-bond donors (Lipinski definition) is 3. The fraction of sp³-hybridized carbons (Fsp3) is 0.132. The van der Waals surface area contributed by atoms with Gasteiger partial charge in [-0.05, 0) is 64.2 Å². The molecular weight excluding hydrogens is 807 g/mol. The fourth-order valence-electron chi connectivity index (χ4n) is 7.48. The number of oxazole rings is 1. The monoisotopic (exact) mass is 851 g/mol. The SMILES string of the molecule is O=C(NCc1ccccc1-c1ccc([C@@H]2O[C@H](CSc3nc(-c4ccccc4)c(-c4ccccc4)o3)C[C@H](c3ccc(CO)cc3)O2)cc1)Nc1ccc(Oc2ccccc2)cc1. The number of carbonyl (C=O) groups excluding carboxylic acids is 1. The standard InChI is InChI=1S/C53H45N3O6S/c57-34-36-20-22-38(23-21-36)48-32-46(35-63-53-56-49(39-12-4-1-5-13-39)50(62-53)40-14-6-2-7-15-40)60-51(61-48)41-26-24-37(25-27-41)47-19-11-10-16-42(47)33-54-52(58)55-43-28-30-45(31-29-43)59-44-17-8-3-9-18-44/h1-31,46,48,51,57H,32-35H2,(H2,54,55,58)/t46-,48+,51+/m0/s1. The highest BCUT2D eigenvalue weighted by molar-refractivity contribution is 7.99. The molecule has 1 aliphatic heterocycles. The Labute approximate surface area is 370 Å². The minimum atomic E-state index is -0.634. The van der Waals surface area contributed by atoms with Gasteiger partial charge in [0.15, 0.2) is 12.1 Å². The van der Waals surface area contributed by atoms with Gasteiger partial charge in [-0.1, -0.05) is 163 Å². The second-order valence-corrected chi connectivity index (χ2v) is 16.0. The van der Waals surface area contributed by atoms with Crippen molar-refractivity contribution in [3.63, 3.8) is 0 Å². The smallest absolute Gasteiger partial charge is 0.319 e. The minimum Gasteiger partial charge on any atom is -0.457 e. The summed E-state index contributed by atoms with van der Waals surface area (Å²) in [6.45, 7) is 0.302. The third-order valence-electron chi connectivity index (χ3n) is 10.7.